The van der Waals surface area contributed by atoms with Gasteiger partial charge in [-0.1, -0.05) is 0 Å². The summed E-state index contributed by atoms with van der Waals surface area (Å²) >= 11 is 0. The van der Waals surface area contributed by atoms with Gasteiger partial charge in [-0.15, -0.1) is 0 Å². The third-order valence-corrected chi connectivity index (χ3v) is 8.69. The average Bonchev–Trinajstić information content (AvgIpc) is 3.85. The maximum absolute atomic E-state index is 10.7. The van der Waals surface area contributed by atoms with Crippen molar-refractivity contribution in [3.05, 3.63) is 38.0 Å². The first-order valence-corrected chi connectivity index (χ1v) is 21.7. The number of hydrogen-bond donors (Lipinski definition) is 9. The first-order valence-electron chi connectivity index (χ1n) is 16.3. The van der Waals surface area contributed by atoms with Crippen molar-refractivity contribution in [2.75, 3.05) is 36.2 Å². The first kappa shape index (κ1) is 45.1. The Morgan fingerprint density at radius 2 is 0.737 bits per heavy atom. The molecule has 0 fully saturated rings. The number of nitrogens with two attached hydrogens (primary N) is 3. The van der Waals surface area contributed by atoms with Crippen LogP contribution in [0.1, 0.15) is 20.8 Å². The molecule has 12 N–H and O–H groups in total. The molecule has 6 rings (SSSR count). The van der Waals surface area contributed by atoms with Crippen LogP contribution < -0.4 is 17.2 Å². The van der Waals surface area contributed by atoms with E-state index in [-0.39, 0.29) is 17.5 Å². The second-order valence-corrected chi connectivity index (χ2v) is 17.1. The van der Waals surface area contributed by atoms with Crippen molar-refractivity contribution in [3.8, 4) is 0 Å². The molecule has 0 saturated heterocycles. The van der Waals surface area contributed by atoms with E-state index in [0.717, 1.165) is 0 Å². The van der Waals surface area contributed by atoms with Crippen molar-refractivity contribution < 1.29 is 57.3 Å². The van der Waals surface area contributed by atoms with E-state index in [9.17, 15) is 13.7 Å². The Balaban J connectivity index is 0.000000189. The molecule has 0 aliphatic heterocycles. The third kappa shape index (κ3) is 14.1. The minimum Gasteiger partial charge on any atom is -0.382 e. The van der Waals surface area contributed by atoms with Crippen molar-refractivity contribution in [2.24, 2.45) is 0 Å². The molecule has 6 heterocycles. The Bertz CT molecular complexity index is 2130. The monoisotopic (exact) mass is 861 g/mol. The van der Waals surface area contributed by atoms with Gasteiger partial charge >= 0.3 is 22.8 Å². The number of nitrogens with zero attached hydrogens (tertiary/aromatic N) is 12. The molecule has 30 heteroatoms. The summed E-state index contributed by atoms with van der Waals surface area (Å²) in [5, 5.41) is 0. The van der Waals surface area contributed by atoms with Gasteiger partial charge < -0.3 is 74.5 Å². The molecule has 6 aromatic rings. The van der Waals surface area contributed by atoms with Gasteiger partial charge in [0.05, 0.1) is 56.9 Å². The summed E-state index contributed by atoms with van der Waals surface area (Å²) in [4.78, 5) is 88.3. The number of imidazole rings is 3. The molecule has 27 nitrogen and oxygen atoms in total. The third-order valence-electron chi connectivity index (χ3n) is 7.23. The zero-order valence-electron chi connectivity index (χ0n) is 30.5. The van der Waals surface area contributed by atoms with Gasteiger partial charge in [0.2, 0.25) is 0 Å². The van der Waals surface area contributed by atoms with Crippen LogP contribution in [-0.2, 0) is 47.5 Å². The highest BCUT2D eigenvalue weighted by atomic mass is 31.2. The van der Waals surface area contributed by atoms with E-state index >= 15 is 0 Å². The number of anilines is 3. The summed E-state index contributed by atoms with van der Waals surface area (Å²) in [5.74, 6) is 0.854. The van der Waals surface area contributed by atoms with Crippen molar-refractivity contribution in [1.29, 1.82) is 0 Å². The summed E-state index contributed by atoms with van der Waals surface area (Å²) in [5.41, 5.74) is 20.1. The number of fused-ring (bicyclic) bond motifs is 3. The summed E-state index contributed by atoms with van der Waals surface area (Å²) in [7, 11) is -12.5. The Kier molecular flexibility index (Phi) is 15.2. The molecule has 0 saturated carbocycles. The van der Waals surface area contributed by atoms with Crippen LogP contribution in [0.2, 0.25) is 0 Å². The van der Waals surface area contributed by atoms with Crippen LogP contribution in [0.3, 0.4) is 0 Å². The van der Waals surface area contributed by atoms with Crippen LogP contribution in [0.25, 0.3) is 33.5 Å². The van der Waals surface area contributed by atoms with Gasteiger partial charge in [0.1, 0.15) is 54.6 Å². The molecule has 57 heavy (non-hydrogen) atoms. The maximum atomic E-state index is 10.7. The van der Waals surface area contributed by atoms with Crippen LogP contribution in [0.15, 0.2) is 38.0 Å². The van der Waals surface area contributed by atoms with Crippen LogP contribution >= 0.6 is 22.8 Å². The quantitative estimate of drug-likeness (QED) is 0.0606. The van der Waals surface area contributed by atoms with Crippen molar-refractivity contribution in [2.45, 2.75) is 58.7 Å². The van der Waals surface area contributed by atoms with Gasteiger partial charge in [0.15, 0.2) is 34.4 Å². The molecule has 3 atom stereocenters. The van der Waals surface area contributed by atoms with Gasteiger partial charge in [-0.25, -0.2) is 44.9 Å². The maximum Gasteiger partial charge on any atom is 0.350 e. The lowest BCUT2D eigenvalue weighted by molar-refractivity contribution is 0.0764. The largest absolute Gasteiger partial charge is 0.382 e. The predicted molar refractivity (Wildman–Crippen MR) is 202 cm³/mol. The molecule has 0 amide bonds. The molecular weight excluding hydrogens is 819 g/mol. The van der Waals surface area contributed by atoms with Crippen LogP contribution in [0, 0.1) is 0 Å². The SMILES string of the molecule is C[C@H](Cn1cnc2c(N)ncnc21)OCP(=O)(O)O.C[C@H](Cn1cnc2c(N)ncnc21)OCP(=O)(O)O.C[C@H](Cn1cnc2c(N)ncnc21)OCP(=O)(O)O. The standard InChI is InChI=1S/3C9H14N5O4P/c3*1-6(18-5-19(15,16)17)2-14-4-13-7-8(10)11-3-12-9(7)14/h3*3-4,6H,2,5H2,1H3,(H2,10,11,12)(H2,15,16,17)/t3*6-/m111/s1. The predicted octanol–water partition coefficient (Wildman–Crippen LogP) is -0.154. The fraction of sp³-hybridized carbons (Fsp3) is 0.444. The highest BCUT2D eigenvalue weighted by Gasteiger charge is 2.19. The molecule has 312 valence electrons. The second kappa shape index (κ2) is 19.2. The van der Waals surface area contributed by atoms with E-state index in [2.05, 4.69) is 44.9 Å². The minimum absolute atomic E-state index is 0.285. The molecule has 0 aliphatic rings. The number of rotatable bonds is 15. The van der Waals surface area contributed by atoms with Crippen LogP contribution in [-0.4, -0.2) is 125 Å². The topological polar surface area (TPSA) is 409 Å². The fourth-order valence-corrected chi connectivity index (χ4v) is 6.11. The average molecular weight is 862 g/mol. The highest BCUT2D eigenvalue weighted by molar-refractivity contribution is 7.52. The van der Waals surface area contributed by atoms with Crippen LogP contribution in [0.5, 0.6) is 0 Å². The summed E-state index contributed by atoms with van der Waals surface area (Å²) in [6.07, 6.45) is 5.55. The lowest BCUT2D eigenvalue weighted by Gasteiger charge is -2.14. The zero-order chi connectivity index (χ0) is 42.1. The Morgan fingerprint density at radius 3 is 0.965 bits per heavy atom. The normalized spacial score (nSPS) is 13.8. The molecule has 0 bridgehead atoms. The van der Waals surface area contributed by atoms with E-state index in [1.54, 1.807) is 34.5 Å². The molecule has 0 radical (unpaired) electrons. The number of hydrogen-bond acceptors (Lipinski definition) is 18. The number of aromatic nitrogens is 12. The van der Waals surface area contributed by atoms with E-state index in [0.29, 0.717) is 53.1 Å². The highest BCUT2D eigenvalue weighted by Crippen LogP contribution is 2.36. The molecule has 6 aromatic heterocycles. The summed E-state index contributed by atoms with van der Waals surface area (Å²) in [6, 6.07) is 0. The van der Waals surface area contributed by atoms with Crippen LogP contribution in [0.4, 0.5) is 17.5 Å². The minimum atomic E-state index is -4.16. The molecule has 0 unspecified atom stereocenters. The number of ether oxygens (including phenoxy) is 3. The van der Waals surface area contributed by atoms with E-state index in [1.807, 2.05) is 0 Å². The van der Waals surface area contributed by atoms with Gasteiger partial charge in [-0.3, -0.25) is 13.7 Å². The van der Waals surface area contributed by atoms with Gasteiger partial charge in [-0.2, -0.15) is 0 Å². The van der Waals surface area contributed by atoms with E-state index < -0.39 is 60.1 Å². The molecule has 0 aromatic carbocycles. The first-order chi connectivity index (χ1) is 26.6. The second-order valence-electron chi connectivity index (χ2n) is 12.3. The summed E-state index contributed by atoms with van der Waals surface area (Å²) in [6.45, 7) is 6.16. The van der Waals surface area contributed by atoms with E-state index in [4.69, 9.17) is 60.8 Å². The lowest BCUT2D eigenvalue weighted by atomic mass is 10.4. The lowest BCUT2D eigenvalue weighted by Crippen LogP contribution is -2.17. The molecule has 0 spiro atoms. The smallest absolute Gasteiger partial charge is 0.350 e. The zero-order valence-corrected chi connectivity index (χ0v) is 33.2. The van der Waals surface area contributed by atoms with Gasteiger partial charge in [-0.05, 0) is 20.8 Å². The van der Waals surface area contributed by atoms with E-state index in [1.165, 1.54) is 38.0 Å². The molecule has 0 aliphatic carbocycles. The fourth-order valence-electron chi connectivity index (χ4n) is 4.76. The molecular formula is C27H42N15O12P3. The summed E-state index contributed by atoms with van der Waals surface area (Å²) < 4.78 is 52.4. The van der Waals surface area contributed by atoms with Crippen molar-refractivity contribution in [3.63, 3.8) is 0 Å². The van der Waals surface area contributed by atoms with Crippen molar-refractivity contribution >= 4 is 73.7 Å². The van der Waals surface area contributed by atoms with Gasteiger partial charge in [0, 0.05) is 0 Å². The Hall–Kier alpha value is -4.62. The van der Waals surface area contributed by atoms with Gasteiger partial charge in [0.25, 0.3) is 0 Å². The number of nitrogen functional groups attached to an aromatic ring is 3. The Morgan fingerprint density at radius 1 is 0.491 bits per heavy atom. The van der Waals surface area contributed by atoms with Crippen molar-refractivity contribution in [1.82, 2.24) is 58.6 Å². The Labute approximate surface area is 322 Å².